The Morgan fingerprint density at radius 1 is 1.27 bits per heavy atom. The summed E-state index contributed by atoms with van der Waals surface area (Å²) in [4.78, 5) is 3.23. The lowest BCUT2D eigenvalue weighted by atomic mass is 10.3. The van der Waals surface area contributed by atoms with E-state index in [0.29, 0.717) is 0 Å². The number of hydrogen-bond donors (Lipinski definition) is 2. The van der Waals surface area contributed by atoms with Gasteiger partial charge in [-0.3, -0.25) is 0 Å². The Bertz CT molecular complexity index is 334. The highest BCUT2D eigenvalue weighted by molar-refractivity contribution is 14.1. The molecular formula is C8H7IN2. The van der Waals surface area contributed by atoms with Gasteiger partial charge in [0.1, 0.15) is 5.82 Å². The Balaban J connectivity index is 2.69. The van der Waals surface area contributed by atoms with Crippen molar-refractivity contribution in [3.63, 3.8) is 0 Å². The van der Waals surface area contributed by atoms with Gasteiger partial charge in [-0.05, 0) is 12.1 Å². The lowest BCUT2D eigenvalue weighted by Gasteiger charge is -1.86. The fourth-order valence-corrected chi connectivity index (χ4v) is 1.41. The van der Waals surface area contributed by atoms with E-state index in [9.17, 15) is 0 Å². The lowest BCUT2D eigenvalue weighted by Crippen LogP contribution is -1.74. The molecule has 0 spiro atoms. The van der Waals surface area contributed by atoms with E-state index in [4.69, 9.17) is 0 Å². The number of anilines is 1. The number of H-pyrrole nitrogens is 1. The zero-order chi connectivity index (χ0) is 7.68. The van der Waals surface area contributed by atoms with Crippen LogP contribution < -0.4 is 3.53 Å². The molecule has 2 nitrogen and oxygen atoms in total. The van der Waals surface area contributed by atoms with Gasteiger partial charge in [-0.2, -0.15) is 0 Å². The smallest absolute Gasteiger partial charge is 0.113 e. The quantitative estimate of drug-likeness (QED) is 0.597. The van der Waals surface area contributed by atoms with Crippen molar-refractivity contribution in [2.75, 3.05) is 3.53 Å². The molecule has 0 aliphatic heterocycles. The van der Waals surface area contributed by atoms with Gasteiger partial charge in [0, 0.05) is 10.9 Å². The highest BCUT2D eigenvalue weighted by Gasteiger charge is 1.95. The standard InChI is InChI=1S/C8H7IN2/c9-11-8-5-6-3-1-2-4-7(6)10-8/h1-5,10-11H. The highest BCUT2D eigenvalue weighted by atomic mass is 127. The molecule has 2 N–H and O–H groups in total. The van der Waals surface area contributed by atoms with Crippen LogP contribution in [0.2, 0.25) is 0 Å². The fraction of sp³-hybridized carbons (Fsp3) is 0. The molecule has 1 aromatic heterocycles. The van der Waals surface area contributed by atoms with Crippen molar-refractivity contribution >= 4 is 39.6 Å². The first-order valence-corrected chi connectivity index (χ1v) is 4.42. The Kier molecular flexibility index (Phi) is 1.73. The number of hydrogen-bond acceptors (Lipinski definition) is 1. The number of aromatic nitrogens is 1. The Hall–Kier alpha value is -0.710. The highest BCUT2D eigenvalue weighted by Crippen LogP contribution is 2.18. The van der Waals surface area contributed by atoms with E-state index >= 15 is 0 Å². The lowest BCUT2D eigenvalue weighted by molar-refractivity contribution is 1.48. The summed E-state index contributed by atoms with van der Waals surface area (Å²) in [5.41, 5.74) is 1.17. The summed E-state index contributed by atoms with van der Waals surface area (Å²) in [5.74, 6) is 1.05. The van der Waals surface area contributed by atoms with Crippen molar-refractivity contribution in [2.45, 2.75) is 0 Å². The third-order valence-electron chi connectivity index (χ3n) is 1.63. The van der Waals surface area contributed by atoms with Crippen molar-refractivity contribution in [2.24, 2.45) is 0 Å². The van der Waals surface area contributed by atoms with Gasteiger partial charge in [-0.15, -0.1) is 0 Å². The SMILES string of the molecule is INc1cc2ccccc2[nH]1. The summed E-state index contributed by atoms with van der Waals surface area (Å²) in [7, 11) is 0. The molecular weight excluding hydrogens is 251 g/mol. The molecule has 0 radical (unpaired) electrons. The van der Waals surface area contributed by atoms with Crippen LogP contribution in [-0.4, -0.2) is 4.98 Å². The van der Waals surface area contributed by atoms with Crippen LogP contribution in [-0.2, 0) is 0 Å². The number of benzene rings is 1. The zero-order valence-corrected chi connectivity index (χ0v) is 7.92. The molecule has 11 heavy (non-hydrogen) atoms. The average Bonchev–Trinajstić information content (AvgIpc) is 2.46. The van der Waals surface area contributed by atoms with Crippen LogP contribution >= 0.6 is 22.9 Å². The Labute approximate surface area is 78.5 Å². The summed E-state index contributed by atoms with van der Waals surface area (Å²) >= 11 is 2.11. The molecule has 0 amide bonds. The zero-order valence-electron chi connectivity index (χ0n) is 5.76. The number of aromatic amines is 1. The van der Waals surface area contributed by atoms with Crippen molar-refractivity contribution < 1.29 is 0 Å². The molecule has 0 aliphatic rings. The topological polar surface area (TPSA) is 27.8 Å². The predicted octanol–water partition coefficient (Wildman–Crippen LogP) is 2.93. The molecule has 1 heterocycles. The second-order valence-corrected chi connectivity index (χ2v) is 2.90. The molecule has 0 aliphatic carbocycles. The number of nitrogens with one attached hydrogen (secondary N) is 2. The Morgan fingerprint density at radius 3 is 2.82 bits per heavy atom. The number of halogens is 1. The third kappa shape index (κ3) is 1.20. The maximum absolute atomic E-state index is 3.23. The van der Waals surface area contributed by atoms with Crippen LogP contribution in [0.1, 0.15) is 0 Å². The van der Waals surface area contributed by atoms with E-state index in [2.05, 4.69) is 49.6 Å². The summed E-state index contributed by atoms with van der Waals surface area (Å²) in [6.07, 6.45) is 0. The second-order valence-electron chi connectivity index (χ2n) is 2.36. The average molecular weight is 258 g/mol. The molecule has 1 aromatic carbocycles. The molecule has 0 unspecified atom stereocenters. The number of fused-ring (bicyclic) bond motifs is 1. The van der Waals surface area contributed by atoms with Gasteiger partial charge < -0.3 is 8.51 Å². The first kappa shape index (κ1) is 6.97. The van der Waals surface area contributed by atoms with E-state index in [0.717, 1.165) is 5.82 Å². The van der Waals surface area contributed by atoms with Gasteiger partial charge in [-0.1, -0.05) is 18.2 Å². The summed E-state index contributed by atoms with van der Waals surface area (Å²) < 4.78 is 3.03. The predicted molar refractivity (Wildman–Crippen MR) is 55.9 cm³/mol. The van der Waals surface area contributed by atoms with Crippen molar-refractivity contribution in [3.05, 3.63) is 30.3 Å². The largest absolute Gasteiger partial charge is 0.341 e. The molecule has 2 aromatic rings. The van der Waals surface area contributed by atoms with Crippen molar-refractivity contribution in [3.8, 4) is 0 Å². The van der Waals surface area contributed by atoms with Gasteiger partial charge in [0.2, 0.25) is 0 Å². The molecule has 56 valence electrons. The van der Waals surface area contributed by atoms with Crippen LogP contribution in [0.5, 0.6) is 0 Å². The number of para-hydroxylation sites is 1. The Morgan fingerprint density at radius 2 is 2.09 bits per heavy atom. The molecule has 0 saturated heterocycles. The van der Waals surface area contributed by atoms with E-state index < -0.39 is 0 Å². The molecule has 0 bridgehead atoms. The summed E-state index contributed by atoms with van der Waals surface area (Å²) in [6.45, 7) is 0. The maximum atomic E-state index is 3.23. The van der Waals surface area contributed by atoms with Crippen LogP contribution in [0.3, 0.4) is 0 Å². The minimum atomic E-state index is 1.05. The molecule has 0 saturated carbocycles. The van der Waals surface area contributed by atoms with E-state index in [1.54, 1.807) is 0 Å². The van der Waals surface area contributed by atoms with Crippen molar-refractivity contribution in [1.29, 1.82) is 0 Å². The van der Waals surface area contributed by atoms with Crippen LogP contribution in [0.25, 0.3) is 10.9 Å². The van der Waals surface area contributed by atoms with E-state index in [-0.39, 0.29) is 0 Å². The summed E-state index contributed by atoms with van der Waals surface area (Å²) in [5, 5.41) is 1.24. The van der Waals surface area contributed by atoms with Gasteiger partial charge in [0.15, 0.2) is 0 Å². The number of rotatable bonds is 1. The van der Waals surface area contributed by atoms with Crippen LogP contribution in [0.4, 0.5) is 5.82 Å². The third-order valence-corrected chi connectivity index (χ3v) is 2.21. The minimum Gasteiger partial charge on any atom is -0.341 e. The normalized spacial score (nSPS) is 10.3. The van der Waals surface area contributed by atoms with Gasteiger partial charge in [-0.25, -0.2) is 0 Å². The van der Waals surface area contributed by atoms with Crippen LogP contribution in [0.15, 0.2) is 30.3 Å². The van der Waals surface area contributed by atoms with E-state index in [1.165, 1.54) is 10.9 Å². The van der Waals surface area contributed by atoms with Gasteiger partial charge in [0.05, 0.1) is 22.9 Å². The second kappa shape index (κ2) is 2.73. The minimum absolute atomic E-state index is 1.05. The molecule has 0 fully saturated rings. The summed E-state index contributed by atoms with van der Waals surface area (Å²) in [6, 6.07) is 10.3. The maximum Gasteiger partial charge on any atom is 0.113 e. The van der Waals surface area contributed by atoms with Crippen molar-refractivity contribution in [1.82, 2.24) is 4.98 Å². The fourth-order valence-electron chi connectivity index (χ4n) is 1.12. The first-order valence-electron chi connectivity index (χ1n) is 3.34. The van der Waals surface area contributed by atoms with E-state index in [1.807, 2.05) is 12.1 Å². The molecule has 3 heteroatoms. The molecule has 2 rings (SSSR count). The van der Waals surface area contributed by atoms with Gasteiger partial charge in [0.25, 0.3) is 0 Å². The molecule has 0 atom stereocenters. The van der Waals surface area contributed by atoms with Crippen LogP contribution in [0, 0.1) is 0 Å². The monoisotopic (exact) mass is 258 g/mol. The first-order chi connectivity index (χ1) is 5.40. The van der Waals surface area contributed by atoms with Gasteiger partial charge >= 0.3 is 0 Å².